The quantitative estimate of drug-likeness (QED) is 0.401. The predicted octanol–water partition coefficient (Wildman–Crippen LogP) is 6.88. The summed E-state index contributed by atoms with van der Waals surface area (Å²) in [4.78, 5) is 12.6. The number of allylic oxidation sites excluding steroid dienone is 1. The van der Waals surface area contributed by atoms with E-state index in [9.17, 15) is 9.90 Å². The Labute approximate surface area is 201 Å². The summed E-state index contributed by atoms with van der Waals surface area (Å²) in [6.45, 7) is 16.8. The van der Waals surface area contributed by atoms with Crippen molar-refractivity contribution in [3.8, 4) is 5.75 Å². The molecule has 2 N–H and O–H groups in total. The number of aromatic hydroxyl groups is 1. The summed E-state index contributed by atoms with van der Waals surface area (Å²) >= 11 is 0. The van der Waals surface area contributed by atoms with E-state index in [4.69, 9.17) is 0 Å². The monoisotopic (exact) mass is 452 g/mol. The number of carbonyl (C=O) groups is 1. The standard InChI is InChI=1S/C23H34N2O.C6H10O/c1-5-8-16(3)23-19(6-2)24-14-13-21(23)25(4)20-12-11-18(15-22(20)26)17-9-7-10-17;1-4-6(7)5(2)3/h11-12,15,17,19,24,26H,3,5-10,13-14H2,1-2,4H3;4-5H,1H2,2-3H3. The second-order valence-electron chi connectivity index (χ2n) is 9.58. The predicted molar refractivity (Wildman–Crippen MR) is 141 cm³/mol. The van der Waals surface area contributed by atoms with Gasteiger partial charge < -0.3 is 15.3 Å². The largest absolute Gasteiger partial charge is 0.506 e. The Balaban J connectivity index is 0.000000479. The summed E-state index contributed by atoms with van der Waals surface area (Å²) in [5.74, 6) is 1.26. The number of ketones is 1. The number of phenols is 1. The Morgan fingerprint density at radius 2 is 2.00 bits per heavy atom. The van der Waals surface area contributed by atoms with Gasteiger partial charge in [0.25, 0.3) is 0 Å². The number of hydrogen-bond acceptors (Lipinski definition) is 4. The molecule has 0 aromatic heterocycles. The first kappa shape index (κ1) is 26.9. The van der Waals surface area contributed by atoms with Crippen molar-refractivity contribution in [1.82, 2.24) is 5.32 Å². The van der Waals surface area contributed by atoms with Crippen LogP contribution in [0.3, 0.4) is 0 Å². The van der Waals surface area contributed by atoms with Crippen LogP contribution in [0.25, 0.3) is 0 Å². The van der Waals surface area contributed by atoms with Crippen molar-refractivity contribution in [1.29, 1.82) is 0 Å². The van der Waals surface area contributed by atoms with Crippen molar-refractivity contribution in [2.24, 2.45) is 5.92 Å². The van der Waals surface area contributed by atoms with E-state index >= 15 is 0 Å². The van der Waals surface area contributed by atoms with Crippen LogP contribution in [-0.2, 0) is 4.79 Å². The lowest BCUT2D eigenvalue weighted by Crippen LogP contribution is -2.40. The van der Waals surface area contributed by atoms with Gasteiger partial charge in [-0.15, -0.1) is 0 Å². The highest BCUT2D eigenvalue weighted by Crippen LogP contribution is 2.41. The van der Waals surface area contributed by atoms with Gasteiger partial charge in [0.05, 0.1) is 5.69 Å². The van der Waals surface area contributed by atoms with E-state index in [0.717, 1.165) is 37.9 Å². The number of anilines is 1. The average Bonchev–Trinajstić information content (AvgIpc) is 2.77. The van der Waals surface area contributed by atoms with Gasteiger partial charge >= 0.3 is 0 Å². The minimum absolute atomic E-state index is 0.109. The number of benzene rings is 1. The molecule has 1 saturated carbocycles. The lowest BCUT2D eigenvalue weighted by atomic mass is 9.80. The van der Waals surface area contributed by atoms with E-state index in [1.54, 1.807) is 0 Å². The molecule has 182 valence electrons. The van der Waals surface area contributed by atoms with Gasteiger partial charge in [0.2, 0.25) is 0 Å². The van der Waals surface area contributed by atoms with Crippen molar-refractivity contribution in [2.75, 3.05) is 18.5 Å². The Hall–Kier alpha value is -2.33. The summed E-state index contributed by atoms with van der Waals surface area (Å²) in [7, 11) is 2.09. The van der Waals surface area contributed by atoms with Gasteiger partial charge in [-0.25, -0.2) is 0 Å². The molecule has 3 rings (SSSR count). The highest BCUT2D eigenvalue weighted by molar-refractivity contribution is 5.90. The molecular formula is C29H44N2O2. The number of nitrogens with zero attached hydrogens (tertiary/aromatic N) is 1. The zero-order valence-electron chi connectivity index (χ0n) is 21.4. The molecule has 0 saturated heterocycles. The molecule has 2 aliphatic rings. The minimum atomic E-state index is 0.109. The second kappa shape index (κ2) is 12.8. The van der Waals surface area contributed by atoms with Gasteiger partial charge in [-0.1, -0.05) is 59.8 Å². The molecule has 0 radical (unpaired) electrons. The fraction of sp³-hybridized carbons (Fsp3) is 0.552. The summed E-state index contributed by atoms with van der Waals surface area (Å²) in [6.07, 6.45) is 9.33. The molecule has 0 spiro atoms. The maximum Gasteiger partial charge on any atom is 0.157 e. The third-order valence-electron chi connectivity index (χ3n) is 6.87. The Kier molecular flexibility index (Phi) is 10.4. The lowest BCUT2D eigenvalue weighted by molar-refractivity contribution is -0.117. The van der Waals surface area contributed by atoms with E-state index in [1.165, 1.54) is 47.7 Å². The Bertz CT molecular complexity index is 864. The maximum atomic E-state index is 10.7. The number of nitrogens with one attached hydrogen (secondary N) is 1. The molecule has 0 amide bonds. The topological polar surface area (TPSA) is 52.6 Å². The van der Waals surface area contributed by atoms with E-state index in [-0.39, 0.29) is 11.7 Å². The van der Waals surface area contributed by atoms with E-state index in [1.807, 2.05) is 19.9 Å². The van der Waals surface area contributed by atoms with Gasteiger partial charge in [0.1, 0.15) is 5.75 Å². The molecule has 0 bridgehead atoms. The fourth-order valence-electron chi connectivity index (χ4n) is 4.59. The SMILES string of the molecule is C=C(CCC)C1=C(N(C)c2ccc(C3CCC3)cc2O)CCNC1CC.C=CC(=O)C(C)C. The van der Waals surface area contributed by atoms with E-state index in [0.29, 0.717) is 17.7 Å². The zero-order chi connectivity index (χ0) is 24.5. The molecule has 33 heavy (non-hydrogen) atoms. The lowest BCUT2D eigenvalue weighted by Gasteiger charge is -2.36. The van der Waals surface area contributed by atoms with Crippen LogP contribution >= 0.6 is 0 Å². The summed E-state index contributed by atoms with van der Waals surface area (Å²) in [6, 6.07) is 6.64. The normalized spacial score (nSPS) is 18.3. The smallest absolute Gasteiger partial charge is 0.157 e. The van der Waals surface area contributed by atoms with Crippen molar-refractivity contribution in [3.63, 3.8) is 0 Å². The number of rotatable bonds is 9. The average molecular weight is 453 g/mol. The van der Waals surface area contributed by atoms with Crippen LogP contribution in [0.4, 0.5) is 5.69 Å². The summed E-state index contributed by atoms with van der Waals surface area (Å²) in [5, 5.41) is 14.4. The van der Waals surface area contributed by atoms with Crippen LogP contribution in [0.15, 0.2) is 54.3 Å². The first-order valence-electron chi connectivity index (χ1n) is 12.6. The molecule has 1 aliphatic heterocycles. The summed E-state index contributed by atoms with van der Waals surface area (Å²) in [5.41, 5.74) is 6.08. The van der Waals surface area contributed by atoms with Crippen LogP contribution in [0.2, 0.25) is 0 Å². The van der Waals surface area contributed by atoms with Gasteiger partial charge in [0.15, 0.2) is 5.78 Å². The van der Waals surface area contributed by atoms with Gasteiger partial charge in [-0.2, -0.15) is 0 Å². The Morgan fingerprint density at radius 1 is 1.30 bits per heavy atom. The molecular weight excluding hydrogens is 408 g/mol. The number of phenolic OH excluding ortho intramolecular Hbond substituents is 1. The number of carbonyl (C=O) groups excluding carboxylic acids is 1. The van der Waals surface area contributed by atoms with Crippen LogP contribution in [-0.4, -0.2) is 30.5 Å². The van der Waals surface area contributed by atoms with Crippen molar-refractivity contribution < 1.29 is 9.90 Å². The third-order valence-corrected chi connectivity index (χ3v) is 6.87. The van der Waals surface area contributed by atoms with Crippen molar-refractivity contribution in [2.45, 2.75) is 84.6 Å². The molecule has 1 heterocycles. The molecule has 1 aliphatic carbocycles. The van der Waals surface area contributed by atoms with Crippen LogP contribution < -0.4 is 10.2 Å². The zero-order valence-corrected chi connectivity index (χ0v) is 21.4. The van der Waals surface area contributed by atoms with Crippen molar-refractivity contribution >= 4 is 11.5 Å². The molecule has 1 aromatic rings. The molecule has 1 unspecified atom stereocenters. The van der Waals surface area contributed by atoms with Gasteiger partial charge in [-0.05, 0) is 66.5 Å². The van der Waals surface area contributed by atoms with Crippen molar-refractivity contribution in [3.05, 3.63) is 59.8 Å². The van der Waals surface area contributed by atoms with Crippen LogP contribution in [0.5, 0.6) is 5.75 Å². The Morgan fingerprint density at radius 3 is 2.45 bits per heavy atom. The maximum absolute atomic E-state index is 10.7. The number of hydrogen-bond donors (Lipinski definition) is 2. The fourth-order valence-corrected chi connectivity index (χ4v) is 4.59. The van der Waals surface area contributed by atoms with Gasteiger partial charge in [-0.3, -0.25) is 4.79 Å². The van der Waals surface area contributed by atoms with E-state index < -0.39 is 0 Å². The first-order chi connectivity index (χ1) is 15.7. The van der Waals surface area contributed by atoms with Crippen LogP contribution in [0, 0.1) is 5.92 Å². The van der Waals surface area contributed by atoms with E-state index in [2.05, 4.69) is 56.4 Å². The molecule has 1 atom stereocenters. The highest BCUT2D eigenvalue weighted by Gasteiger charge is 2.27. The molecule has 1 aromatic carbocycles. The van der Waals surface area contributed by atoms with Gasteiger partial charge in [0, 0.05) is 37.7 Å². The second-order valence-corrected chi connectivity index (χ2v) is 9.58. The molecule has 4 heteroatoms. The highest BCUT2D eigenvalue weighted by atomic mass is 16.3. The first-order valence-corrected chi connectivity index (χ1v) is 12.6. The van der Waals surface area contributed by atoms with Crippen LogP contribution in [0.1, 0.15) is 84.1 Å². The third kappa shape index (κ3) is 6.83. The molecule has 1 fully saturated rings. The molecule has 4 nitrogen and oxygen atoms in total. The minimum Gasteiger partial charge on any atom is -0.506 e. The summed E-state index contributed by atoms with van der Waals surface area (Å²) < 4.78 is 0.